The lowest BCUT2D eigenvalue weighted by Crippen LogP contribution is -2.05. The Bertz CT molecular complexity index is 4150. The Balaban J connectivity index is 1.01. The SMILES string of the molecule is c1ccc(-n2c3ccccc3c3cc4c(cc32)c2ccccc2n4-c2ncc3cnc(-n4c5ccccc5c5c4ccc4c6ccccc6n(-c6ccccc6)c45)nc3n2)cc1. The minimum Gasteiger partial charge on any atom is -0.309 e. The predicted molar refractivity (Wildman–Crippen MR) is 252 cm³/mol. The fraction of sp³-hybridized carbons (Fsp3) is 0. The first-order chi connectivity index (χ1) is 30.8. The summed E-state index contributed by atoms with van der Waals surface area (Å²) in [6.45, 7) is 0. The summed E-state index contributed by atoms with van der Waals surface area (Å²) >= 11 is 0. The van der Waals surface area contributed by atoms with Gasteiger partial charge in [0.2, 0.25) is 11.9 Å². The molecule has 0 aliphatic rings. The van der Waals surface area contributed by atoms with Crippen molar-refractivity contribution in [1.82, 2.24) is 38.2 Å². The fourth-order valence-corrected chi connectivity index (χ4v) is 10.1. The Morgan fingerprint density at radius 2 is 0.742 bits per heavy atom. The maximum Gasteiger partial charge on any atom is 0.236 e. The van der Waals surface area contributed by atoms with E-state index in [9.17, 15) is 0 Å². The molecule has 0 bridgehead atoms. The minimum atomic E-state index is 0.549. The zero-order valence-electron chi connectivity index (χ0n) is 33.1. The second-order valence-corrected chi connectivity index (χ2v) is 15.9. The molecule has 14 aromatic rings. The standard InChI is InChI=1S/C54H32N8/c1-3-15-34(16-4-1)59-43-23-11-8-20-37(43)41-30-49-42(29-48(41)59)38-21-9-13-25-45(38)62(49)54-56-32-33-31-55-53(57-52(33)58-54)61-46-26-14-10-22-40(46)50-47(61)28-27-39-36-19-7-12-24-44(36)60(51(39)50)35-17-5-2-6-18-35/h1-32H. The van der Waals surface area contributed by atoms with Gasteiger partial charge in [-0.3, -0.25) is 9.13 Å². The molecule has 288 valence electrons. The highest BCUT2D eigenvalue weighted by Crippen LogP contribution is 2.42. The van der Waals surface area contributed by atoms with Crippen LogP contribution >= 0.6 is 0 Å². The van der Waals surface area contributed by atoms with Crippen molar-refractivity contribution < 1.29 is 0 Å². The van der Waals surface area contributed by atoms with Crippen molar-refractivity contribution in [3.05, 3.63) is 194 Å². The molecule has 0 spiro atoms. The van der Waals surface area contributed by atoms with Gasteiger partial charge < -0.3 is 9.13 Å². The van der Waals surface area contributed by atoms with Gasteiger partial charge >= 0.3 is 0 Å². The summed E-state index contributed by atoms with van der Waals surface area (Å²) in [6, 6.07) is 64.7. The lowest BCUT2D eigenvalue weighted by Gasteiger charge is -2.10. The molecule has 0 saturated heterocycles. The highest BCUT2D eigenvalue weighted by atomic mass is 15.2. The van der Waals surface area contributed by atoms with E-state index in [1.54, 1.807) is 0 Å². The molecule has 0 aliphatic carbocycles. The van der Waals surface area contributed by atoms with Crippen LogP contribution in [0.25, 0.3) is 122 Å². The van der Waals surface area contributed by atoms with Crippen molar-refractivity contribution in [3.8, 4) is 23.3 Å². The molecule has 8 aromatic carbocycles. The molecule has 6 aromatic heterocycles. The molecule has 14 rings (SSSR count). The van der Waals surface area contributed by atoms with Crippen LogP contribution in [0.2, 0.25) is 0 Å². The van der Waals surface area contributed by atoms with E-state index in [-0.39, 0.29) is 0 Å². The van der Waals surface area contributed by atoms with Crippen molar-refractivity contribution in [2.75, 3.05) is 0 Å². The fourth-order valence-electron chi connectivity index (χ4n) is 10.1. The highest BCUT2D eigenvalue weighted by molar-refractivity contribution is 6.26. The van der Waals surface area contributed by atoms with E-state index in [4.69, 9.17) is 19.9 Å². The van der Waals surface area contributed by atoms with Gasteiger partial charge in [0.1, 0.15) is 0 Å². The van der Waals surface area contributed by atoms with Gasteiger partial charge in [0.25, 0.3) is 0 Å². The lowest BCUT2D eigenvalue weighted by atomic mass is 10.1. The van der Waals surface area contributed by atoms with E-state index in [2.05, 4.69) is 200 Å². The molecule has 6 heterocycles. The van der Waals surface area contributed by atoms with Crippen LogP contribution in [0.4, 0.5) is 0 Å². The predicted octanol–water partition coefficient (Wildman–Crippen LogP) is 12.8. The van der Waals surface area contributed by atoms with Gasteiger partial charge in [-0.2, -0.15) is 9.97 Å². The number of nitrogens with zero attached hydrogens (tertiary/aromatic N) is 8. The molecular formula is C54H32N8. The van der Waals surface area contributed by atoms with E-state index in [0.29, 0.717) is 17.5 Å². The smallest absolute Gasteiger partial charge is 0.236 e. The van der Waals surface area contributed by atoms with Crippen LogP contribution in [0.1, 0.15) is 0 Å². The second kappa shape index (κ2) is 12.5. The first kappa shape index (κ1) is 33.2. The number of para-hydroxylation sites is 6. The van der Waals surface area contributed by atoms with Crippen LogP contribution in [0.3, 0.4) is 0 Å². The highest BCUT2D eigenvalue weighted by Gasteiger charge is 2.23. The normalized spacial score (nSPS) is 12.2. The summed E-state index contributed by atoms with van der Waals surface area (Å²) in [4.78, 5) is 20.5. The Kier molecular flexibility index (Phi) is 6.68. The third kappa shape index (κ3) is 4.49. The van der Waals surface area contributed by atoms with Crippen molar-refractivity contribution in [3.63, 3.8) is 0 Å². The summed E-state index contributed by atoms with van der Waals surface area (Å²) in [5, 5.41) is 10.1. The Morgan fingerprint density at radius 1 is 0.306 bits per heavy atom. The zero-order chi connectivity index (χ0) is 40.5. The number of benzene rings is 8. The molecule has 0 unspecified atom stereocenters. The van der Waals surface area contributed by atoms with Gasteiger partial charge in [0.05, 0.1) is 49.5 Å². The first-order valence-electron chi connectivity index (χ1n) is 20.8. The first-order valence-corrected chi connectivity index (χ1v) is 20.8. The van der Waals surface area contributed by atoms with Crippen LogP contribution in [-0.4, -0.2) is 38.2 Å². The number of hydrogen-bond donors (Lipinski definition) is 0. The van der Waals surface area contributed by atoms with Crippen molar-refractivity contribution >= 4 is 98.3 Å². The molecule has 8 heteroatoms. The van der Waals surface area contributed by atoms with Crippen LogP contribution in [-0.2, 0) is 0 Å². The van der Waals surface area contributed by atoms with Gasteiger partial charge in [-0.05, 0) is 66.7 Å². The molecule has 0 atom stereocenters. The minimum absolute atomic E-state index is 0.549. The van der Waals surface area contributed by atoms with Crippen molar-refractivity contribution in [1.29, 1.82) is 0 Å². The van der Waals surface area contributed by atoms with Gasteiger partial charge in [0, 0.05) is 66.9 Å². The lowest BCUT2D eigenvalue weighted by molar-refractivity contribution is 0.968. The van der Waals surface area contributed by atoms with E-state index in [1.807, 2.05) is 12.4 Å². The molecule has 62 heavy (non-hydrogen) atoms. The largest absolute Gasteiger partial charge is 0.309 e. The number of hydrogen-bond acceptors (Lipinski definition) is 4. The Morgan fingerprint density at radius 3 is 1.34 bits per heavy atom. The van der Waals surface area contributed by atoms with Crippen molar-refractivity contribution in [2.45, 2.75) is 0 Å². The van der Waals surface area contributed by atoms with Crippen molar-refractivity contribution in [2.24, 2.45) is 0 Å². The number of fused-ring (bicyclic) bond motifs is 14. The average Bonchev–Trinajstić information content (AvgIpc) is 4.06. The molecule has 0 saturated carbocycles. The summed E-state index contributed by atoms with van der Waals surface area (Å²) in [6.07, 6.45) is 3.69. The summed E-state index contributed by atoms with van der Waals surface area (Å²) < 4.78 is 9.11. The molecule has 0 N–H and O–H groups in total. The summed E-state index contributed by atoms with van der Waals surface area (Å²) in [5.41, 5.74) is 11.5. The summed E-state index contributed by atoms with van der Waals surface area (Å²) in [5.74, 6) is 1.10. The Hall–Kier alpha value is -8.62. The van der Waals surface area contributed by atoms with Crippen LogP contribution in [0.15, 0.2) is 194 Å². The molecule has 0 aliphatic heterocycles. The molecule has 0 fully saturated rings. The van der Waals surface area contributed by atoms with E-state index in [0.717, 1.165) is 87.8 Å². The maximum atomic E-state index is 5.26. The monoisotopic (exact) mass is 792 g/mol. The van der Waals surface area contributed by atoms with Gasteiger partial charge in [0.15, 0.2) is 5.65 Å². The third-order valence-electron chi connectivity index (χ3n) is 12.7. The van der Waals surface area contributed by atoms with Crippen LogP contribution in [0, 0.1) is 0 Å². The molecule has 0 radical (unpaired) electrons. The molecule has 0 amide bonds. The summed E-state index contributed by atoms with van der Waals surface area (Å²) in [7, 11) is 0. The average molecular weight is 793 g/mol. The molecule has 8 nitrogen and oxygen atoms in total. The van der Waals surface area contributed by atoms with Gasteiger partial charge in [-0.15, -0.1) is 0 Å². The topological polar surface area (TPSA) is 71.3 Å². The van der Waals surface area contributed by atoms with E-state index in [1.165, 1.54) is 16.2 Å². The molecular weight excluding hydrogens is 761 g/mol. The van der Waals surface area contributed by atoms with E-state index >= 15 is 0 Å². The second-order valence-electron chi connectivity index (χ2n) is 15.9. The Labute approximate surface area is 352 Å². The number of rotatable bonds is 4. The van der Waals surface area contributed by atoms with E-state index < -0.39 is 0 Å². The van der Waals surface area contributed by atoms with Crippen LogP contribution in [0.5, 0.6) is 0 Å². The quantitative estimate of drug-likeness (QED) is 0.178. The van der Waals surface area contributed by atoms with Gasteiger partial charge in [-0.1, -0.05) is 115 Å². The van der Waals surface area contributed by atoms with Gasteiger partial charge in [-0.25, -0.2) is 9.97 Å². The third-order valence-corrected chi connectivity index (χ3v) is 12.7. The number of aromatic nitrogens is 8. The zero-order valence-corrected chi connectivity index (χ0v) is 33.1. The maximum absolute atomic E-state index is 5.26. The van der Waals surface area contributed by atoms with Crippen LogP contribution < -0.4 is 0 Å².